The average molecular weight is 179 g/mol. The van der Waals surface area contributed by atoms with Gasteiger partial charge in [0.15, 0.2) is 0 Å². The molecule has 2 N–H and O–H groups in total. The highest BCUT2D eigenvalue weighted by atomic mass is 16.1. The van der Waals surface area contributed by atoms with E-state index in [0.717, 1.165) is 5.69 Å². The zero-order chi connectivity index (χ0) is 9.42. The van der Waals surface area contributed by atoms with Gasteiger partial charge in [-0.25, -0.2) is 4.68 Å². The second-order valence-electron chi connectivity index (χ2n) is 3.58. The van der Waals surface area contributed by atoms with Gasteiger partial charge in [0, 0.05) is 13.0 Å². The zero-order valence-corrected chi connectivity index (χ0v) is 7.66. The molecule has 4 nitrogen and oxygen atoms in total. The maximum absolute atomic E-state index is 11.2. The first kappa shape index (κ1) is 8.29. The summed E-state index contributed by atoms with van der Waals surface area (Å²) >= 11 is 0. The lowest BCUT2D eigenvalue weighted by molar-refractivity contribution is 0.402. The highest BCUT2D eigenvalue weighted by molar-refractivity contribution is 5.36. The molecule has 0 aromatic carbocycles. The summed E-state index contributed by atoms with van der Waals surface area (Å²) in [5.74, 6) is 0.522. The van der Waals surface area contributed by atoms with E-state index in [9.17, 15) is 4.79 Å². The Kier molecular flexibility index (Phi) is 1.83. The normalized spacial score (nSPS) is 17.0. The highest BCUT2D eigenvalue weighted by Crippen LogP contribution is 2.34. The quantitative estimate of drug-likeness (QED) is 0.687. The third kappa shape index (κ3) is 1.32. The van der Waals surface area contributed by atoms with Gasteiger partial charge in [-0.3, -0.25) is 4.79 Å². The fraction of sp³-hybridized carbons (Fsp3) is 0.556. The smallest absolute Gasteiger partial charge is 0.289 e. The molecule has 0 spiro atoms. The van der Waals surface area contributed by atoms with Crippen LogP contribution in [0.3, 0.4) is 0 Å². The van der Waals surface area contributed by atoms with Crippen molar-refractivity contribution in [2.45, 2.75) is 25.2 Å². The van der Waals surface area contributed by atoms with Gasteiger partial charge in [-0.2, -0.15) is 5.10 Å². The summed E-state index contributed by atoms with van der Waals surface area (Å²) in [5, 5.41) is 4.18. The monoisotopic (exact) mass is 179 g/mol. The van der Waals surface area contributed by atoms with Crippen LogP contribution in [-0.2, 0) is 7.05 Å². The molecule has 1 aromatic heterocycles. The Morgan fingerprint density at radius 2 is 2.31 bits per heavy atom. The van der Waals surface area contributed by atoms with E-state index in [0.29, 0.717) is 11.6 Å². The number of nitrogens with zero attached hydrogens (tertiary/aromatic N) is 2. The predicted molar refractivity (Wildman–Crippen MR) is 50.5 cm³/mol. The van der Waals surface area contributed by atoms with Crippen molar-refractivity contribution < 1.29 is 0 Å². The molecule has 0 atom stereocenters. The van der Waals surface area contributed by atoms with Crippen LogP contribution in [0.4, 0.5) is 5.69 Å². The Bertz CT molecular complexity index is 353. The standard InChI is InChI=1S/C9H13N3O/c1-12-9(13)7(10)5-8(11-12)6-3-2-4-6/h5-6H,2-4,10H2,1H3. The van der Waals surface area contributed by atoms with Gasteiger partial charge in [0.05, 0.1) is 5.69 Å². The zero-order valence-electron chi connectivity index (χ0n) is 7.66. The number of aromatic nitrogens is 2. The minimum atomic E-state index is -0.205. The molecule has 0 radical (unpaired) electrons. The fourth-order valence-electron chi connectivity index (χ4n) is 1.56. The molecule has 1 saturated carbocycles. The van der Waals surface area contributed by atoms with Crippen LogP contribution >= 0.6 is 0 Å². The molecule has 0 amide bonds. The van der Waals surface area contributed by atoms with E-state index in [1.54, 1.807) is 13.1 Å². The first-order valence-corrected chi connectivity index (χ1v) is 4.52. The first-order chi connectivity index (χ1) is 6.18. The van der Waals surface area contributed by atoms with Crippen LogP contribution in [0.1, 0.15) is 30.9 Å². The maximum atomic E-state index is 11.2. The lowest BCUT2D eigenvalue weighted by atomic mass is 9.83. The van der Waals surface area contributed by atoms with Crippen molar-refractivity contribution in [1.82, 2.24) is 9.78 Å². The van der Waals surface area contributed by atoms with E-state index >= 15 is 0 Å². The van der Waals surface area contributed by atoms with E-state index < -0.39 is 0 Å². The summed E-state index contributed by atoms with van der Waals surface area (Å²) in [7, 11) is 1.64. The molecule has 0 aliphatic heterocycles. The van der Waals surface area contributed by atoms with Gasteiger partial charge in [0.2, 0.25) is 0 Å². The largest absolute Gasteiger partial charge is 0.394 e. The van der Waals surface area contributed by atoms with Gasteiger partial charge >= 0.3 is 0 Å². The summed E-state index contributed by atoms with van der Waals surface area (Å²) in [6.45, 7) is 0. The van der Waals surface area contributed by atoms with Crippen LogP contribution in [0, 0.1) is 0 Å². The summed E-state index contributed by atoms with van der Waals surface area (Å²) < 4.78 is 1.32. The van der Waals surface area contributed by atoms with E-state index in [-0.39, 0.29) is 5.56 Å². The fourth-order valence-corrected chi connectivity index (χ4v) is 1.56. The van der Waals surface area contributed by atoms with Crippen molar-refractivity contribution in [3.63, 3.8) is 0 Å². The van der Waals surface area contributed by atoms with Crippen LogP contribution in [0.15, 0.2) is 10.9 Å². The molecule has 0 saturated heterocycles. The SMILES string of the molecule is Cn1nc(C2CCC2)cc(N)c1=O. The van der Waals surface area contributed by atoms with Crippen molar-refractivity contribution in [3.05, 3.63) is 22.1 Å². The molecule has 1 fully saturated rings. The summed E-state index contributed by atoms with van der Waals surface area (Å²) in [4.78, 5) is 11.2. The Morgan fingerprint density at radius 1 is 1.62 bits per heavy atom. The molecular weight excluding hydrogens is 166 g/mol. The van der Waals surface area contributed by atoms with Gasteiger partial charge in [-0.1, -0.05) is 6.42 Å². The molecule has 1 aromatic rings. The summed E-state index contributed by atoms with van der Waals surface area (Å²) in [6.07, 6.45) is 3.60. The third-order valence-corrected chi connectivity index (χ3v) is 2.63. The highest BCUT2D eigenvalue weighted by Gasteiger charge is 2.21. The van der Waals surface area contributed by atoms with E-state index in [2.05, 4.69) is 5.10 Å². The third-order valence-electron chi connectivity index (χ3n) is 2.63. The molecule has 70 valence electrons. The van der Waals surface area contributed by atoms with Crippen LogP contribution in [0.5, 0.6) is 0 Å². The number of rotatable bonds is 1. The second-order valence-corrected chi connectivity index (χ2v) is 3.58. The molecule has 2 rings (SSSR count). The number of anilines is 1. The molecular formula is C9H13N3O. The van der Waals surface area contributed by atoms with Gasteiger partial charge in [0.25, 0.3) is 5.56 Å². The summed E-state index contributed by atoms with van der Waals surface area (Å²) in [5.41, 5.74) is 6.63. The van der Waals surface area contributed by atoms with Crippen LogP contribution < -0.4 is 11.3 Å². The van der Waals surface area contributed by atoms with Gasteiger partial charge in [-0.15, -0.1) is 0 Å². The molecule has 4 heteroatoms. The molecule has 13 heavy (non-hydrogen) atoms. The Balaban J connectivity index is 2.43. The molecule has 1 heterocycles. The van der Waals surface area contributed by atoms with E-state index in [4.69, 9.17) is 5.73 Å². The van der Waals surface area contributed by atoms with E-state index in [1.165, 1.54) is 23.9 Å². The van der Waals surface area contributed by atoms with Gasteiger partial charge in [-0.05, 0) is 18.9 Å². The topological polar surface area (TPSA) is 60.9 Å². The van der Waals surface area contributed by atoms with Crippen molar-refractivity contribution in [1.29, 1.82) is 0 Å². The average Bonchev–Trinajstić information content (AvgIpc) is 1.96. The summed E-state index contributed by atoms with van der Waals surface area (Å²) in [6, 6.07) is 1.71. The van der Waals surface area contributed by atoms with Crippen LogP contribution in [0.25, 0.3) is 0 Å². The number of aryl methyl sites for hydroxylation is 1. The molecule has 1 aliphatic rings. The Hall–Kier alpha value is -1.32. The predicted octanol–water partition coefficient (Wildman–Crippen LogP) is 0.630. The number of nitrogen functional groups attached to an aromatic ring is 1. The van der Waals surface area contributed by atoms with Gasteiger partial charge in [0.1, 0.15) is 5.69 Å². The number of hydrogen-bond donors (Lipinski definition) is 1. The number of hydrogen-bond acceptors (Lipinski definition) is 3. The lowest BCUT2D eigenvalue weighted by Gasteiger charge is -2.24. The molecule has 1 aliphatic carbocycles. The van der Waals surface area contributed by atoms with E-state index in [1.807, 2.05) is 0 Å². The Morgan fingerprint density at radius 3 is 2.77 bits per heavy atom. The van der Waals surface area contributed by atoms with Crippen molar-refractivity contribution in [2.75, 3.05) is 5.73 Å². The lowest BCUT2D eigenvalue weighted by Crippen LogP contribution is -2.25. The molecule has 0 unspecified atom stereocenters. The molecule has 0 bridgehead atoms. The van der Waals surface area contributed by atoms with Crippen molar-refractivity contribution in [3.8, 4) is 0 Å². The maximum Gasteiger partial charge on any atom is 0.289 e. The van der Waals surface area contributed by atoms with Gasteiger partial charge < -0.3 is 5.73 Å². The number of nitrogens with two attached hydrogens (primary N) is 1. The minimum Gasteiger partial charge on any atom is -0.394 e. The Labute approximate surface area is 76.4 Å². The minimum absolute atomic E-state index is 0.205. The van der Waals surface area contributed by atoms with Crippen LogP contribution in [0.2, 0.25) is 0 Å². The first-order valence-electron chi connectivity index (χ1n) is 4.52. The van der Waals surface area contributed by atoms with Crippen molar-refractivity contribution in [2.24, 2.45) is 7.05 Å². The van der Waals surface area contributed by atoms with Crippen LogP contribution in [-0.4, -0.2) is 9.78 Å². The van der Waals surface area contributed by atoms with Crippen molar-refractivity contribution >= 4 is 5.69 Å². The second kappa shape index (κ2) is 2.87.